The molecule has 0 radical (unpaired) electrons. The van der Waals surface area contributed by atoms with Crippen molar-refractivity contribution in [2.45, 2.75) is 37.6 Å². The molecule has 1 aliphatic rings. The number of anilines is 1. The quantitative estimate of drug-likeness (QED) is 0.378. The zero-order valence-electron chi connectivity index (χ0n) is 20.6. The van der Waals surface area contributed by atoms with Gasteiger partial charge in [-0.1, -0.05) is 13.0 Å². The number of carbonyl (C=O) groups excluding carboxylic acids is 2. The van der Waals surface area contributed by atoms with E-state index in [1.54, 1.807) is 0 Å². The highest BCUT2D eigenvalue weighted by atomic mass is 19.4. The number of carbonyl (C=O) groups is 2. The van der Waals surface area contributed by atoms with Crippen molar-refractivity contribution in [1.82, 2.24) is 0 Å². The van der Waals surface area contributed by atoms with Gasteiger partial charge in [0.2, 0.25) is 5.82 Å². The van der Waals surface area contributed by atoms with Crippen molar-refractivity contribution in [1.29, 1.82) is 0 Å². The first-order valence-electron chi connectivity index (χ1n) is 11.1. The van der Waals surface area contributed by atoms with Gasteiger partial charge in [0.25, 0.3) is 11.6 Å². The van der Waals surface area contributed by atoms with E-state index in [9.17, 15) is 36.7 Å². The Hall–Kier alpha value is -3.48. The first kappa shape index (κ1) is 21.1. The molecule has 2 heterocycles. The number of rotatable bonds is 5. The summed E-state index contributed by atoms with van der Waals surface area (Å²) in [5.74, 6) is -10.2. The van der Waals surface area contributed by atoms with E-state index in [4.69, 9.17) is 14.6 Å². The van der Waals surface area contributed by atoms with E-state index in [0.717, 1.165) is 31.3 Å². The Morgan fingerprint density at radius 1 is 1.32 bits per heavy atom. The fourth-order valence-corrected chi connectivity index (χ4v) is 3.89. The minimum absolute atomic E-state index is 0.0926. The van der Waals surface area contributed by atoms with E-state index in [1.807, 2.05) is 0 Å². The molecule has 1 aromatic heterocycles. The van der Waals surface area contributed by atoms with Crippen molar-refractivity contribution >= 4 is 17.5 Å². The molecule has 1 aliphatic heterocycles. The molecule has 0 spiro atoms. The number of primary amides is 1. The van der Waals surface area contributed by atoms with Crippen LogP contribution in [0.3, 0.4) is 0 Å². The molecule has 13 heteroatoms. The average molecular weight is 492 g/mol. The molecule has 34 heavy (non-hydrogen) atoms. The van der Waals surface area contributed by atoms with Gasteiger partial charge in [-0.15, -0.1) is 0 Å². The van der Waals surface area contributed by atoms with Crippen molar-refractivity contribution < 1.29 is 49.9 Å². The summed E-state index contributed by atoms with van der Waals surface area (Å²) in [7, 11) is -3.32. The summed E-state index contributed by atoms with van der Waals surface area (Å²) in [5.41, 5.74) is 0.723. The predicted molar refractivity (Wildman–Crippen MR) is 107 cm³/mol. The van der Waals surface area contributed by atoms with Crippen molar-refractivity contribution in [2.24, 2.45) is 11.7 Å². The van der Waals surface area contributed by atoms with Gasteiger partial charge in [-0.3, -0.25) is 9.59 Å². The van der Waals surface area contributed by atoms with Crippen molar-refractivity contribution in [2.75, 3.05) is 12.4 Å². The summed E-state index contributed by atoms with van der Waals surface area (Å²) >= 11 is 0. The standard InChI is InChI=1S/C21H20F5N3O5/c1-9-14(11-4-5-12(22)15(23)16(11)33-3)17(34-20(9,2)21(24,25)26)19(31)28-10-6-7-29(32)13(8-10)18(27)30/h4-9,14,17H,1-3H3,(H2,27,30)(H,28,31)/t9-,14+,17-,20+/m0/s1/i3D3. The SMILES string of the molecule is [2H]C([2H])([2H])Oc1c([C@@H]2[C@@H](C(=O)Nc3cc[n+]([O-])c(C(N)=O)c3)O[C@@](C)(C(F)(F)F)[C@H]2C)ccc(F)c1F. The van der Waals surface area contributed by atoms with E-state index in [-0.39, 0.29) is 10.4 Å². The van der Waals surface area contributed by atoms with E-state index in [0.29, 0.717) is 13.0 Å². The molecule has 1 saturated heterocycles. The predicted octanol–water partition coefficient (Wildman–Crippen LogP) is 2.78. The monoisotopic (exact) mass is 492 g/mol. The number of hydrogen-bond acceptors (Lipinski definition) is 5. The van der Waals surface area contributed by atoms with Gasteiger partial charge in [0, 0.05) is 29.5 Å². The fraction of sp³-hybridized carbons (Fsp3) is 0.381. The lowest BCUT2D eigenvalue weighted by molar-refractivity contribution is -0.607. The third kappa shape index (κ3) is 4.11. The number of methoxy groups -OCH3 is 1. The maximum Gasteiger partial charge on any atom is 0.417 e. The normalized spacial score (nSPS) is 26.3. The van der Waals surface area contributed by atoms with Crippen LogP contribution >= 0.6 is 0 Å². The third-order valence-corrected chi connectivity index (χ3v) is 5.91. The molecular formula is C21H20F5N3O5. The van der Waals surface area contributed by atoms with E-state index < -0.39 is 77.2 Å². The lowest BCUT2D eigenvalue weighted by atomic mass is 9.77. The van der Waals surface area contributed by atoms with Gasteiger partial charge in [0.05, 0.1) is 16.8 Å². The molecule has 3 N–H and O–H groups in total. The number of halogens is 5. The van der Waals surface area contributed by atoms with Crippen LogP contribution in [0.2, 0.25) is 0 Å². The van der Waals surface area contributed by atoms with Crippen LogP contribution in [-0.4, -0.2) is 36.7 Å². The van der Waals surface area contributed by atoms with E-state index in [2.05, 4.69) is 10.1 Å². The molecule has 1 fully saturated rings. The first-order chi connectivity index (χ1) is 16.9. The second kappa shape index (κ2) is 8.70. The Morgan fingerprint density at radius 2 is 2.00 bits per heavy atom. The summed E-state index contributed by atoms with van der Waals surface area (Å²) in [4.78, 5) is 24.6. The van der Waals surface area contributed by atoms with E-state index >= 15 is 0 Å². The number of ether oxygens (including phenoxy) is 2. The Kier molecular flexibility index (Phi) is 5.40. The maximum atomic E-state index is 14.6. The topological polar surface area (TPSA) is 118 Å². The van der Waals surface area contributed by atoms with Gasteiger partial charge in [-0.05, 0) is 13.0 Å². The van der Waals surface area contributed by atoms with Crippen LogP contribution in [0.15, 0.2) is 30.5 Å². The molecule has 0 bridgehead atoms. The molecule has 4 atom stereocenters. The van der Waals surface area contributed by atoms with Crippen molar-refractivity contribution in [3.05, 3.63) is 58.6 Å². The number of aromatic nitrogens is 1. The molecular weight excluding hydrogens is 469 g/mol. The molecule has 3 rings (SSSR count). The number of amides is 2. The lowest BCUT2D eigenvalue weighted by Gasteiger charge is -2.32. The number of hydrogen-bond donors (Lipinski definition) is 2. The van der Waals surface area contributed by atoms with Gasteiger partial charge in [-0.25, -0.2) is 4.39 Å². The van der Waals surface area contributed by atoms with Crippen LogP contribution in [0.4, 0.5) is 27.6 Å². The highest BCUT2D eigenvalue weighted by molar-refractivity contribution is 5.97. The first-order valence-corrected chi connectivity index (χ1v) is 9.62. The molecule has 2 amide bonds. The van der Waals surface area contributed by atoms with Crippen molar-refractivity contribution in [3.63, 3.8) is 0 Å². The minimum atomic E-state index is -5.05. The van der Waals surface area contributed by atoms with Crippen LogP contribution in [0.1, 0.15) is 39.9 Å². The van der Waals surface area contributed by atoms with Crippen LogP contribution in [-0.2, 0) is 9.53 Å². The summed E-state index contributed by atoms with van der Waals surface area (Å²) in [5, 5.41) is 13.9. The Balaban J connectivity index is 2.13. The highest BCUT2D eigenvalue weighted by Crippen LogP contribution is 2.55. The minimum Gasteiger partial charge on any atom is -0.618 e. The van der Waals surface area contributed by atoms with Gasteiger partial charge in [0.1, 0.15) is 6.10 Å². The van der Waals surface area contributed by atoms with Gasteiger partial charge < -0.3 is 25.7 Å². The number of nitrogens with zero attached hydrogens (tertiary/aromatic N) is 1. The molecule has 0 aliphatic carbocycles. The number of nitrogens with two attached hydrogens (primary N) is 1. The summed E-state index contributed by atoms with van der Waals surface area (Å²) < 4.78 is 102. The largest absolute Gasteiger partial charge is 0.618 e. The molecule has 0 unspecified atom stereocenters. The smallest absolute Gasteiger partial charge is 0.417 e. The Labute approximate surface area is 194 Å². The summed E-state index contributed by atoms with van der Waals surface area (Å²) in [6.07, 6.45) is -6.28. The number of alkyl halides is 3. The summed E-state index contributed by atoms with van der Waals surface area (Å²) in [6.45, 7) is 1.69. The summed E-state index contributed by atoms with van der Waals surface area (Å²) in [6, 6.07) is 3.24. The Bertz CT molecular complexity index is 1240. The fourth-order valence-electron chi connectivity index (χ4n) is 3.89. The van der Waals surface area contributed by atoms with E-state index in [1.165, 1.54) is 0 Å². The number of pyridine rings is 1. The number of benzene rings is 1. The maximum absolute atomic E-state index is 14.6. The van der Waals surface area contributed by atoms with Gasteiger partial charge in [0.15, 0.2) is 23.4 Å². The highest BCUT2D eigenvalue weighted by Gasteiger charge is 2.65. The second-order valence-corrected chi connectivity index (χ2v) is 7.82. The average Bonchev–Trinajstić information content (AvgIpc) is 3.04. The molecule has 8 nitrogen and oxygen atoms in total. The third-order valence-electron chi connectivity index (χ3n) is 5.91. The van der Waals surface area contributed by atoms with Crippen LogP contribution < -0.4 is 20.5 Å². The zero-order chi connectivity index (χ0) is 28.1. The van der Waals surface area contributed by atoms with Crippen LogP contribution in [0.5, 0.6) is 5.75 Å². The van der Waals surface area contributed by atoms with Crippen LogP contribution in [0.25, 0.3) is 0 Å². The van der Waals surface area contributed by atoms with Crippen LogP contribution in [0, 0.1) is 22.8 Å². The zero-order valence-corrected chi connectivity index (χ0v) is 17.6. The van der Waals surface area contributed by atoms with Gasteiger partial charge in [-0.2, -0.15) is 22.3 Å². The molecule has 1 aromatic carbocycles. The molecule has 2 aromatic rings. The lowest BCUT2D eigenvalue weighted by Crippen LogP contribution is -2.47. The van der Waals surface area contributed by atoms with Crippen molar-refractivity contribution in [3.8, 4) is 5.75 Å². The molecule has 184 valence electrons. The second-order valence-electron chi connectivity index (χ2n) is 7.82. The molecule has 0 saturated carbocycles. The van der Waals surface area contributed by atoms with Gasteiger partial charge >= 0.3 is 12.1 Å². The Morgan fingerprint density at radius 3 is 2.59 bits per heavy atom. The number of nitrogens with one attached hydrogen (secondary N) is 1.